The minimum absolute atomic E-state index is 0.0744. The Hall–Kier alpha value is -2.49. The second kappa shape index (κ2) is 7.18. The summed E-state index contributed by atoms with van der Waals surface area (Å²) >= 11 is 3.24. The fourth-order valence-electron chi connectivity index (χ4n) is 1.89. The average Bonchev–Trinajstić information content (AvgIpc) is 2.84. The largest absolute Gasteiger partial charge is 0.465 e. The van der Waals surface area contributed by atoms with Gasteiger partial charge in [-0.15, -0.1) is 0 Å². The molecule has 2 N–H and O–H groups in total. The van der Waals surface area contributed by atoms with Crippen LogP contribution < -0.4 is 11.0 Å². The molecule has 122 valence electrons. The maximum Gasteiger partial charge on any atom is 0.404 e. The standard InChI is InChI=1S/C13H13BrFN5O3/c1-8-2-11(14)16-5-10(8)19-7-18-20(13(19)23)6-9(3-15)4-17-12(21)22/h2-3,5,7,17H,4,6H2,1H3,(H,21,22)/b9-3+. The molecule has 0 aliphatic carbocycles. The normalized spacial score (nSPS) is 11.5. The third-order valence-electron chi connectivity index (χ3n) is 3.02. The smallest absolute Gasteiger partial charge is 0.404 e. The predicted molar refractivity (Wildman–Crippen MR) is 83.3 cm³/mol. The van der Waals surface area contributed by atoms with Gasteiger partial charge in [-0.25, -0.2) is 28.2 Å². The Kier molecular flexibility index (Phi) is 5.27. The fraction of sp³-hybridized carbons (Fsp3) is 0.231. The Morgan fingerprint density at radius 2 is 2.30 bits per heavy atom. The molecule has 10 heteroatoms. The molecule has 0 saturated carbocycles. The molecule has 0 fully saturated rings. The Balaban J connectivity index is 2.25. The van der Waals surface area contributed by atoms with E-state index >= 15 is 0 Å². The summed E-state index contributed by atoms with van der Waals surface area (Å²) in [5.74, 6) is 0. The van der Waals surface area contributed by atoms with Crippen molar-refractivity contribution in [2.75, 3.05) is 6.54 Å². The summed E-state index contributed by atoms with van der Waals surface area (Å²) in [5.41, 5.74) is 0.957. The van der Waals surface area contributed by atoms with Crippen molar-refractivity contribution in [3.8, 4) is 5.69 Å². The zero-order valence-corrected chi connectivity index (χ0v) is 13.6. The first kappa shape index (κ1) is 16.9. The van der Waals surface area contributed by atoms with Gasteiger partial charge in [-0.1, -0.05) is 0 Å². The number of nitrogens with one attached hydrogen (secondary N) is 1. The summed E-state index contributed by atoms with van der Waals surface area (Å²) in [6, 6.07) is 1.75. The van der Waals surface area contributed by atoms with E-state index in [0.717, 1.165) is 10.2 Å². The van der Waals surface area contributed by atoms with Crippen molar-refractivity contribution >= 4 is 22.0 Å². The molecule has 0 radical (unpaired) electrons. The minimum atomic E-state index is -1.28. The lowest BCUT2D eigenvalue weighted by molar-refractivity contribution is 0.195. The summed E-state index contributed by atoms with van der Waals surface area (Å²) in [7, 11) is 0. The molecule has 2 aromatic rings. The van der Waals surface area contributed by atoms with Crippen molar-refractivity contribution in [2.45, 2.75) is 13.5 Å². The molecule has 2 heterocycles. The van der Waals surface area contributed by atoms with Crippen molar-refractivity contribution < 1.29 is 14.3 Å². The molecular weight excluding hydrogens is 373 g/mol. The topological polar surface area (TPSA) is 102 Å². The Morgan fingerprint density at radius 3 is 2.91 bits per heavy atom. The van der Waals surface area contributed by atoms with E-state index in [9.17, 15) is 14.0 Å². The molecule has 0 atom stereocenters. The quantitative estimate of drug-likeness (QED) is 0.761. The van der Waals surface area contributed by atoms with Crippen molar-refractivity contribution in [1.29, 1.82) is 0 Å². The van der Waals surface area contributed by atoms with Gasteiger partial charge in [-0.2, -0.15) is 5.10 Å². The van der Waals surface area contributed by atoms with Crippen LogP contribution in [0.15, 0.2) is 39.9 Å². The first-order valence-electron chi connectivity index (χ1n) is 6.44. The molecule has 0 aromatic carbocycles. The zero-order valence-electron chi connectivity index (χ0n) is 12.0. The number of aromatic nitrogens is 4. The molecule has 0 aliphatic rings. The monoisotopic (exact) mass is 385 g/mol. The van der Waals surface area contributed by atoms with E-state index in [1.807, 2.05) is 12.2 Å². The van der Waals surface area contributed by atoms with Crippen LogP contribution in [-0.2, 0) is 6.54 Å². The van der Waals surface area contributed by atoms with Crippen molar-refractivity contribution in [1.82, 2.24) is 24.6 Å². The Morgan fingerprint density at radius 1 is 1.57 bits per heavy atom. The molecule has 0 saturated heterocycles. The minimum Gasteiger partial charge on any atom is -0.465 e. The molecule has 2 aromatic heterocycles. The molecule has 2 rings (SSSR count). The van der Waals surface area contributed by atoms with E-state index in [2.05, 4.69) is 26.0 Å². The highest BCUT2D eigenvalue weighted by atomic mass is 79.9. The van der Waals surface area contributed by atoms with Gasteiger partial charge in [0.05, 0.1) is 24.8 Å². The molecule has 0 aliphatic heterocycles. The number of aryl methyl sites for hydroxylation is 1. The lowest BCUT2D eigenvalue weighted by atomic mass is 10.2. The van der Waals surface area contributed by atoms with Crippen molar-refractivity contribution in [3.05, 3.63) is 51.1 Å². The summed E-state index contributed by atoms with van der Waals surface area (Å²) in [4.78, 5) is 26.8. The third kappa shape index (κ3) is 4.03. The second-order valence-electron chi connectivity index (χ2n) is 4.66. The van der Waals surface area contributed by atoms with Crippen LogP contribution in [-0.4, -0.2) is 37.1 Å². The number of carboxylic acid groups (broad SMARTS) is 1. The maximum absolute atomic E-state index is 12.8. The number of carbonyl (C=O) groups is 1. The van der Waals surface area contributed by atoms with Crippen LogP contribution in [0.4, 0.5) is 9.18 Å². The number of nitrogens with zero attached hydrogens (tertiary/aromatic N) is 4. The number of halogens is 2. The third-order valence-corrected chi connectivity index (χ3v) is 3.45. The molecule has 0 unspecified atom stereocenters. The number of rotatable bonds is 5. The molecule has 8 nitrogen and oxygen atoms in total. The Labute approximate surface area is 138 Å². The lowest BCUT2D eigenvalue weighted by Crippen LogP contribution is -2.29. The molecule has 23 heavy (non-hydrogen) atoms. The predicted octanol–water partition coefficient (Wildman–Crippen LogP) is 1.62. The SMILES string of the molecule is Cc1cc(Br)ncc1-n1cnn(C/C(=C/F)CNC(=O)O)c1=O. The van der Waals surface area contributed by atoms with E-state index in [4.69, 9.17) is 5.11 Å². The molecular formula is C13H13BrFN5O3. The van der Waals surface area contributed by atoms with E-state index in [1.54, 1.807) is 6.07 Å². The number of amides is 1. The van der Waals surface area contributed by atoms with Crippen molar-refractivity contribution in [3.63, 3.8) is 0 Å². The summed E-state index contributed by atoms with van der Waals surface area (Å²) in [6.45, 7) is 1.42. The van der Waals surface area contributed by atoms with E-state index < -0.39 is 11.8 Å². The highest BCUT2D eigenvalue weighted by Crippen LogP contribution is 2.15. The first-order valence-corrected chi connectivity index (χ1v) is 7.23. The average molecular weight is 386 g/mol. The second-order valence-corrected chi connectivity index (χ2v) is 5.47. The lowest BCUT2D eigenvalue weighted by Gasteiger charge is -2.06. The number of pyridine rings is 1. The van der Waals surface area contributed by atoms with Crippen LogP contribution in [0, 0.1) is 6.92 Å². The van der Waals surface area contributed by atoms with Crippen molar-refractivity contribution in [2.24, 2.45) is 0 Å². The summed E-state index contributed by atoms with van der Waals surface area (Å²) in [6.07, 6.45) is 1.80. The van der Waals surface area contributed by atoms with Gasteiger partial charge >= 0.3 is 11.8 Å². The van der Waals surface area contributed by atoms with Gasteiger partial charge in [0.25, 0.3) is 0 Å². The number of hydrogen-bond acceptors (Lipinski definition) is 4. The Bertz CT molecular complexity index is 814. The van der Waals surface area contributed by atoms with Crippen LogP contribution in [0.1, 0.15) is 5.56 Å². The first-order chi connectivity index (χ1) is 10.9. The van der Waals surface area contributed by atoms with Gasteiger partial charge in [0, 0.05) is 6.54 Å². The molecule has 1 amide bonds. The van der Waals surface area contributed by atoms with E-state index in [1.165, 1.54) is 17.1 Å². The van der Waals surface area contributed by atoms with Crippen LogP contribution in [0.3, 0.4) is 0 Å². The molecule has 0 bridgehead atoms. The van der Waals surface area contributed by atoms with Gasteiger partial charge < -0.3 is 10.4 Å². The highest BCUT2D eigenvalue weighted by molar-refractivity contribution is 9.10. The maximum atomic E-state index is 12.8. The van der Waals surface area contributed by atoms with Gasteiger partial charge in [0.15, 0.2) is 0 Å². The van der Waals surface area contributed by atoms with Gasteiger partial charge in [0.2, 0.25) is 0 Å². The van der Waals surface area contributed by atoms with Crippen LogP contribution in [0.2, 0.25) is 0 Å². The van der Waals surface area contributed by atoms with Crippen LogP contribution >= 0.6 is 15.9 Å². The summed E-state index contributed by atoms with van der Waals surface area (Å²) in [5, 5.41) is 14.5. The number of hydrogen-bond donors (Lipinski definition) is 2. The van der Waals surface area contributed by atoms with E-state index in [-0.39, 0.29) is 25.0 Å². The fourth-order valence-corrected chi connectivity index (χ4v) is 2.33. The van der Waals surface area contributed by atoms with Crippen LogP contribution in [0.5, 0.6) is 0 Å². The summed E-state index contributed by atoms with van der Waals surface area (Å²) < 4.78 is 15.8. The van der Waals surface area contributed by atoms with E-state index in [0.29, 0.717) is 10.3 Å². The van der Waals surface area contributed by atoms with Gasteiger partial charge in [-0.05, 0) is 40.1 Å². The van der Waals surface area contributed by atoms with Crippen LogP contribution in [0.25, 0.3) is 5.69 Å². The van der Waals surface area contributed by atoms with Gasteiger partial charge in [0.1, 0.15) is 10.9 Å². The zero-order chi connectivity index (χ0) is 17.0. The highest BCUT2D eigenvalue weighted by Gasteiger charge is 2.12. The van der Waals surface area contributed by atoms with Gasteiger partial charge in [-0.3, -0.25) is 0 Å². The molecule has 0 spiro atoms.